The van der Waals surface area contributed by atoms with Crippen molar-refractivity contribution < 1.29 is 9.26 Å². The predicted molar refractivity (Wildman–Crippen MR) is 114 cm³/mol. The number of aliphatic imine (C=N–C) groups is 1. The van der Waals surface area contributed by atoms with Gasteiger partial charge in [0.2, 0.25) is 0 Å². The molecule has 2 fully saturated rings. The van der Waals surface area contributed by atoms with Crippen molar-refractivity contribution in [1.82, 2.24) is 15.8 Å². The van der Waals surface area contributed by atoms with E-state index in [-0.39, 0.29) is 29.4 Å². The number of halogens is 1. The second-order valence-corrected chi connectivity index (χ2v) is 7.85. The van der Waals surface area contributed by atoms with Crippen LogP contribution in [0.15, 0.2) is 9.52 Å². The van der Waals surface area contributed by atoms with Crippen LogP contribution in [0.4, 0.5) is 0 Å². The van der Waals surface area contributed by atoms with Crippen molar-refractivity contribution in [2.45, 2.75) is 66.0 Å². The lowest BCUT2D eigenvalue weighted by Gasteiger charge is -2.60. The summed E-state index contributed by atoms with van der Waals surface area (Å²) in [6.07, 6.45) is 3.63. The summed E-state index contributed by atoms with van der Waals surface area (Å²) in [7, 11) is 0. The Kier molecular flexibility index (Phi) is 7.35. The van der Waals surface area contributed by atoms with Gasteiger partial charge in [0.25, 0.3) is 0 Å². The minimum Gasteiger partial charge on any atom is -0.377 e. The van der Waals surface area contributed by atoms with Crippen LogP contribution >= 0.6 is 24.0 Å². The van der Waals surface area contributed by atoms with E-state index in [4.69, 9.17) is 14.3 Å². The van der Waals surface area contributed by atoms with Crippen LogP contribution in [0, 0.1) is 25.2 Å². The maximum Gasteiger partial charge on any atom is 0.191 e. The summed E-state index contributed by atoms with van der Waals surface area (Å²) in [6.45, 7) is 13.1. The van der Waals surface area contributed by atoms with Crippen molar-refractivity contribution in [3.63, 3.8) is 0 Å². The number of hydrogen-bond donors (Lipinski definition) is 2. The fourth-order valence-electron chi connectivity index (χ4n) is 4.42. The first-order valence-corrected chi connectivity index (χ1v) is 9.53. The molecule has 0 aromatic carbocycles. The summed E-state index contributed by atoms with van der Waals surface area (Å²) >= 11 is 0. The number of aromatic nitrogens is 1. The third kappa shape index (κ3) is 4.18. The maximum atomic E-state index is 6.00. The van der Waals surface area contributed by atoms with E-state index < -0.39 is 0 Å². The van der Waals surface area contributed by atoms with E-state index in [0.717, 1.165) is 50.0 Å². The Labute approximate surface area is 173 Å². The van der Waals surface area contributed by atoms with Gasteiger partial charge in [0.15, 0.2) is 5.96 Å². The van der Waals surface area contributed by atoms with E-state index in [2.05, 4.69) is 36.6 Å². The van der Waals surface area contributed by atoms with Gasteiger partial charge in [-0.3, -0.25) is 4.99 Å². The van der Waals surface area contributed by atoms with Crippen molar-refractivity contribution in [3.05, 3.63) is 17.0 Å². The summed E-state index contributed by atoms with van der Waals surface area (Å²) in [6, 6.07) is 0.412. The molecule has 1 aliphatic heterocycles. The van der Waals surface area contributed by atoms with Gasteiger partial charge in [-0.25, -0.2) is 0 Å². The van der Waals surface area contributed by atoms with Crippen LogP contribution in [-0.4, -0.2) is 43.0 Å². The maximum absolute atomic E-state index is 6.00. The summed E-state index contributed by atoms with van der Waals surface area (Å²) in [4.78, 5) is 4.78. The smallest absolute Gasteiger partial charge is 0.191 e. The molecule has 26 heavy (non-hydrogen) atoms. The van der Waals surface area contributed by atoms with E-state index in [1.54, 1.807) is 0 Å². The molecule has 0 spiro atoms. The van der Waals surface area contributed by atoms with Crippen molar-refractivity contribution >= 4 is 29.9 Å². The quantitative estimate of drug-likeness (QED) is 0.388. The average molecular weight is 476 g/mol. The molecule has 1 aromatic rings. The molecule has 2 aliphatic rings. The number of nitrogens with one attached hydrogen (secondary N) is 2. The zero-order valence-electron chi connectivity index (χ0n) is 16.6. The van der Waals surface area contributed by atoms with Crippen LogP contribution in [0.25, 0.3) is 0 Å². The molecule has 0 bridgehead atoms. The highest BCUT2D eigenvalue weighted by molar-refractivity contribution is 14.0. The van der Waals surface area contributed by atoms with E-state index >= 15 is 0 Å². The lowest BCUT2D eigenvalue weighted by atomic mass is 9.55. The van der Waals surface area contributed by atoms with Gasteiger partial charge in [-0.15, -0.1) is 24.0 Å². The highest BCUT2D eigenvalue weighted by Crippen LogP contribution is 2.51. The predicted octanol–water partition coefficient (Wildman–Crippen LogP) is 3.21. The van der Waals surface area contributed by atoms with Gasteiger partial charge in [-0.1, -0.05) is 19.0 Å². The Morgan fingerprint density at radius 1 is 1.35 bits per heavy atom. The van der Waals surface area contributed by atoms with Crippen molar-refractivity contribution in [2.75, 3.05) is 19.7 Å². The third-order valence-electron chi connectivity index (χ3n) is 5.78. The highest BCUT2D eigenvalue weighted by Gasteiger charge is 2.58. The van der Waals surface area contributed by atoms with Gasteiger partial charge < -0.3 is 19.9 Å². The molecule has 6 nitrogen and oxygen atoms in total. The molecular weight excluding hydrogens is 443 g/mol. The van der Waals surface area contributed by atoms with Gasteiger partial charge in [0.05, 0.1) is 11.8 Å². The largest absolute Gasteiger partial charge is 0.377 e. The molecule has 1 aromatic heterocycles. The molecule has 3 atom stereocenters. The summed E-state index contributed by atoms with van der Waals surface area (Å²) in [5, 5.41) is 11.1. The monoisotopic (exact) mass is 476 g/mol. The molecule has 0 amide bonds. The Bertz CT molecular complexity index is 610. The van der Waals surface area contributed by atoms with Crippen molar-refractivity contribution in [2.24, 2.45) is 16.3 Å². The number of hydrogen-bond acceptors (Lipinski definition) is 4. The summed E-state index contributed by atoms with van der Waals surface area (Å²) in [5.74, 6) is 2.39. The molecule has 1 saturated carbocycles. The minimum absolute atomic E-state index is 0. The van der Waals surface area contributed by atoms with Crippen LogP contribution in [0.3, 0.4) is 0 Å². The second kappa shape index (κ2) is 8.91. The second-order valence-electron chi connectivity index (χ2n) is 7.85. The summed E-state index contributed by atoms with van der Waals surface area (Å²) < 4.78 is 11.2. The fourth-order valence-corrected chi connectivity index (χ4v) is 4.42. The molecule has 2 heterocycles. The molecule has 3 unspecified atom stereocenters. The normalized spacial score (nSPS) is 27.1. The molecule has 148 valence electrons. The van der Waals surface area contributed by atoms with Gasteiger partial charge >= 0.3 is 0 Å². The highest BCUT2D eigenvalue weighted by atomic mass is 127. The van der Waals surface area contributed by atoms with Crippen LogP contribution in [0.2, 0.25) is 0 Å². The average Bonchev–Trinajstić information content (AvgIpc) is 2.91. The van der Waals surface area contributed by atoms with Gasteiger partial charge in [-0.05, 0) is 40.0 Å². The summed E-state index contributed by atoms with van der Waals surface area (Å²) in [5.41, 5.74) is 2.28. The van der Waals surface area contributed by atoms with E-state index in [1.807, 2.05) is 13.8 Å². The number of fused-ring (bicyclic) bond motifs is 1. The Morgan fingerprint density at radius 2 is 2.12 bits per heavy atom. The fraction of sp³-hybridized carbons (Fsp3) is 0.789. The standard InChI is InChI=1S/C19H32N4O2.HI/c1-6-20-18(21-10-9-14-12(2)23-25-13(14)3)22-16-15-8-7-11-24-17(15)19(16,4)5;/h15-17H,6-11H2,1-5H3,(H2,20,21,22);1H. The van der Waals surface area contributed by atoms with Crippen LogP contribution < -0.4 is 10.6 Å². The SMILES string of the molecule is CCNC(=NCCc1c(C)noc1C)NC1C2CCCOC2C1(C)C.I. The third-order valence-corrected chi connectivity index (χ3v) is 5.78. The Morgan fingerprint density at radius 3 is 2.77 bits per heavy atom. The number of nitrogens with zero attached hydrogens (tertiary/aromatic N) is 2. The van der Waals surface area contributed by atoms with Gasteiger partial charge in [0, 0.05) is 42.6 Å². The molecule has 7 heteroatoms. The van der Waals surface area contributed by atoms with E-state index in [0.29, 0.717) is 18.1 Å². The van der Waals surface area contributed by atoms with E-state index in [9.17, 15) is 0 Å². The first kappa shape index (κ1) is 21.5. The molecule has 1 saturated heterocycles. The van der Waals surface area contributed by atoms with Crippen LogP contribution in [0.1, 0.15) is 50.6 Å². The molecule has 1 aliphatic carbocycles. The topological polar surface area (TPSA) is 71.7 Å². The Balaban J connectivity index is 0.00000243. The Hall–Kier alpha value is -0.830. The first-order valence-electron chi connectivity index (χ1n) is 9.53. The van der Waals surface area contributed by atoms with Crippen molar-refractivity contribution in [3.8, 4) is 0 Å². The molecular formula is C19H33IN4O2. The minimum atomic E-state index is 0. The first-order chi connectivity index (χ1) is 11.9. The lowest BCUT2D eigenvalue weighted by molar-refractivity contribution is -0.188. The lowest BCUT2D eigenvalue weighted by Crippen LogP contribution is -2.71. The number of guanidine groups is 1. The van der Waals surface area contributed by atoms with Gasteiger partial charge in [-0.2, -0.15) is 0 Å². The number of aryl methyl sites for hydroxylation is 2. The zero-order valence-corrected chi connectivity index (χ0v) is 18.9. The molecule has 2 N–H and O–H groups in total. The number of ether oxygens (including phenoxy) is 1. The zero-order chi connectivity index (χ0) is 18.0. The van der Waals surface area contributed by atoms with Crippen LogP contribution in [0.5, 0.6) is 0 Å². The molecule has 0 radical (unpaired) electrons. The van der Waals surface area contributed by atoms with E-state index in [1.165, 1.54) is 12.0 Å². The van der Waals surface area contributed by atoms with Crippen molar-refractivity contribution in [1.29, 1.82) is 0 Å². The van der Waals surface area contributed by atoms with Gasteiger partial charge in [0.1, 0.15) is 5.76 Å². The van der Waals surface area contributed by atoms with Crippen LogP contribution in [-0.2, 0) is 11.2 Å². The molecule has 3 rings (SSSR count). The number of rotatable bonds is 5.